The molecule has 4 nitrogen and oxygen atoms in total. The highest BCUT2D eigenvalue weighted by Gasteiger charge is 2.10. The Kier molecular flexibility index (Phi) is 6.78. The monoisotopic (exact) mass is 268 g/mol. The lowest BCUT2D eigenvalue weighted by Gasteiger charge is -2.12. The summed E-state index contributed by atoms with van der Waals surface area (Å²) in [7, 11) is 0. The second-order valence-electron chi connectivity index (χ2n) is 3.89. The van der Waals surface area contributed by atoms with E-state index in [-0.39, 0.29) is 12.4 Å². The molecule has 0 radical (unpaired) electrons. The van der Waals surface area contributed by atoms with Gasteiger partial charge in [0.1, 0.15) is 5.75 Å². The molecule has 3 N–H and O–H groups in total. The Morgan fingerprint density at radius 1 is 1.56 bits per heavy atom. The van der Waals surface area contributed by atoms with E-state index < -0.39 is 0 Å². The van der Waals surface area contributed by atoms with E-state index in [0.717, 1.165) is 23.6 Å². The lowest BCUT2D eigenvalue weighted by molar-refractivity contribution is 0.278. The molecule has 1 heterocycles. The number of aliphatic hydroxyl groups excluding tert-OH is 1. The lowest BCUT2D eigenvalue weighted by Crippen LogP contribution is -2.18. The molecule has 0 amide bonds. The average Bonchev–Trinajstić information content (AvgIpc) is 2.38. The van der Waals surface area contributed by atoms with Crippen LogP contribution in [0.15, 0.2) is 18.9 Å². The molecule has 1 aromatic heterocycles. The van der Waals surface area contributed by atoms with E-state index in [4.69, 9.17) is 0 Å². The number of aryl methyl sites for hydroxylation is 1. The van der Waals surface area contributed by atoms with Crippen LogP contribution in [0, 0.1) is 6.92 Å². The third-order valence-corrected chi connectivity index (χ3v) is 3.53. The van der Waals surface area contributed by atoms with Gasteiger partial charge in [-0.1, -0.05) is 6.08 Å². The fraction of sp³-hybridized carbons (Fsp3) is 0.462. The molecular formula is C13H20N2O2S. The Bertz CT molecular complexity index is 397. The fourth-order valence-electron chi connectivity index (χ4n) is 1.54. The minimum atomic E-state index is -0.108. The van der Waals surface area contributed by atoms with Crippen molar-refractivity contribution in [3.05, 3.63) is 35.7 Å². The Balaban J connectivity index is 2.50. The van der Waals surface area contributed by atoms with Gasteiger partial charge in [-0.05, 0) is 6.92 Å². The maximum absolute atomic E-state index is 9.92. The molecule has 18 heavy (non-hydrogen) atoms. The van der Waals surface area contributed by atoms with Crippen molar-refractivity contribution >= 4 is 11.8 Å². The summed E-state index contributed by atoms with van der Waals surface area (Å²) in [6.07, 6.45) is 3.49. The number of aromatic hydroxyl groups is 1. The Labute approximate surface area is 112 Å². The standard InChI is InChI=1S/C13H20N2O2S/c1-3-5-18-6-4-14-8-12-11(9-16)7-15-10(2)13(12)17/h3,7,14,16-17H,1,4-6,8-9H2,2H3. The molecule has 0 bridgehead atoms. The zero-order valence-electron chi connectivity index (χ0n) is 10.6. The number of aliphatic hydroxyl groups is 1. The number of aromatic nitrogens is 1. The zero-order valence-corrected chi connectivity index (χ0v) is 11.5. The van der Waals surface area contributed by atoms with E-state index in [9.17, 15) is 10.2 Å². The predicted molar refractivity (Wildman–Crippen MR) is 75.8 cm³/mol. The van der Waals surface area contributed by atoms with E-state index in [1.807, 2.05) is 6.08 Å². The van der Waals surface area contributed by atoms with Crippen molar-refractivity contribution in [3.8, 4) is 5.75 Å². The van der Waals surface area contributed by atoms with Crippen molar-refractivity contribution < 1.29 is 10.2 Å². The number of nitrogens with one attached hydrogen (secondary N) is 1. The molecule has 0 atom stereocenters. The summed E-state index contributed by atoms with van der Waals surface area (Å²) in [4.78, 5) is 4.03. The molecule has 100 valence electrons. The van der Waals surface area contributed by atoms with Gasteiger partial charge in [0.15, 0.2) is 0 Å². The third-order valence-electron chi connectivity index (χ3n) is 2.56. The first-order chi connectivity index (χ1) is 8.70. The molecule has 0 aliphatic carbocycles. The number of hydrogen-bond acceptors (Lipinski definition) is 5. The summed E-state index contributed by atoms with van der Waals surface area (Å²) in [5, 5.41) is 22.4. The maximum atomic E-state index is 9.92. The number of nitrogens with zero attached hydrogens (tertiary/aromatic N) is 1. The molecular weight excluding hydrogens is 248 g/mol. The van der Waals surface area contributed by atoms with Crippen molar-refractivity contribution in [1.82, 2.24) is 10.3 Å². The molecule has 0 aliphatic rings. The number of rotatable bonds is 8. The molecule has 0 saturated carbocycles. The van der Waals surface area contributed by atoms with E-state index in [0.29, 0.717) is 17.8 Å². The highest BCUT2D eigenvalue weighted by molar-refractivity contribution is 7.99. The molecule has 0 fully saturated rings. The minimum absolute atomic E-state index is 0.108. The second kappa shape index (κ2) is 8.13. The van der Waals surface area contributed by atoms with E-state index in [1.165, 1.54) is 0 Å². The molecule has 1 aromatic rings. The van der Waals surface area contributed by atoms with Gasteiger partial charge in [-0.3, -0.25) is 4.98 Å². The summed E-state index contributed by atoms with van der Waals surface area (Å²) < 4.78 is 0. The van der Waals surface area contributed by atoms with Crippen molar-refractivity contribution in [2.75, 3.05) is 18.1 Å². The van der Waals surface area contributed by atoms with Gasteiger partial charge in [0.25, 0.3) is 0 Å². The van der Waals surface area contributed by atoms with Crippen LogP contribution in [0.5, 0.6) is 5.75 Å². The normalized spacial score (nSPS) is 10.6. The molecule has 0 aliphatic heterocycles. The smallest absolute Gasteiger partial charge is 0.141 e. The minimum Gasteiger partial charge on any atom is -0.506 e. The highest BCUT2D eigenvalue weighted by atomic mass is 32.2. The van der Waals surface area contributed by atoms with Crippen LogP contribution in [0.4, 0.5) is 0 Å². The van der Waals surface area contributed by atoms with Crippen LogP contribution in [0.1, 0.15) is 16.8 Å². The third kappa shape index (κ3) is 4.33. The molecule has 0 unspecified atom stereocenters. The molecule has 0 spiro atoms. The molecule has 1 rings (SSSR count). The van der Waals surface area contributed by atoms with Crippen LogP contribution >= 0.6 is 11.8 Å². The van der Waals surface area contributed by atoms with Gasteiger partial charge >= 0.3 is 0 Å². The summed E-state index contributed by atoms with van der Waals surface area (Å²) in [6.45, 7) is 6.70. The van der Waals surface area contributed by atoms with Crippen molar-refractivity contribution in [2.45, 2.75) is 20.1 Å². The summed E-state index contributed by atoms with van der Waals surface area (Å²) in [5.74, 6) is 2.11. The van der Waals surface area contributed by atoms with Gasteiger partial charge in [0.2, 0.25) is 0 Å². The lowest BCUT2D eigenvalue weighted by atomic mass is 10.1. The van der Waals surface area contributed by atoms with Crippen LogP contribution in [-0.4, -0.2) is 33.2 Å². The Hall–Kier alpha value is -1.04. The summed E-state index contributed by atoms with van der Waals surface area (Å²) >= 11 is 1.80. The quantitative estimate of drug-likeness (QED) is 0.493. The van der Waals surface area contributed by atoms with Crippen LogP contribution in [0.25, 0.3) is 0 Å². The summed E-state index contributed by atoms with van der Waals surface area (Å²) in [6, 6.07) is 0. The van der Waals surface area contributed by atoms with Gasteiger partial charge in [-0.15, -0.1) is 6.58 Å². The predicted octanol–water partition coefficient (Wildman–Crippen LogP) is 1.60. The first kappa shape index (κ1) is 15.0. The van der Waals surface area contributed by atoms with Crippen LogP contribution in [-0.2, 0) is 13.2 Å². The summed E-state index contributed by atoms with van der Waals surface area (Å²) in [5.41, 5.74) is 1.99. The van der Waals surface area contributed by atoms with Gasteiger partial charge in [0, 0.05) is 41.9 Å². The van der Waals surface area contributed by atoms with Crippen molar-refractivity contribution in [1.29, 1.82) is 0 Å². The van der Waals surface area contributed by atoms with Crippen LogP contribution < -0.4 is 5.32 Å². The fourth-order valence-corrected chi connectivity index (χ4v) is 2.16. The molecule has 0 saturated heterocycles. The number of hydrogen-bond donors (Lipinski definition) is 3. The van der Waals surface area contributed by atoms with E-state index >= 15 is 0 Å². The molecule has 5 heteroatoms. The topological polar surface area (TPSA) is 65.4 Å². The molecule has 0 aromatic carbocycles. The van der Waals surface area contributed by atoms with Crippen molar-refractivity contribution in [3.63, 3.8) is 0 Å². The zero-order chi connectivity index (χ0) is 13.4. The van der Waals surface area contributed by atoms with Gasteiger partial charge in [-0.25, -0.2) is 0 Å². The van der Waals surface area contributed by atoms with Crippen LogP contribution in [0.2, 0.25) is 0 Å². The highest BCUT2D eigenvalue weighted by Crippen LogP contribution is 2.23. The Morgan fingerprint density at radius 2 is 2.33 bits per heavy atom. The number of pyridine rings is 1. The van der Waals surface area contributed by atoms with Gasteiger partial charge in [0.05, 0.1) is 12.3 Å². The maximum Gasteiger partial charge on any atom is 0.141 e. The SMILES string of the molecule is C=CCSCCNCc1c(CO)cnc(C)c1O. The van der Waals surface area contributed by atoms with E-state index in [1.54, 1.807) is 24.9 Å². The second-order valence-corrected chi connectivity index (χ2v) is 5.04. The average molecular weight is 268 g/mol. The number of thioether (sulfide) groups is 1. The first-order valence-electron chi connectivity index (χ1n) is 5.87. The van der Waals surface area contributed by atoms with Gasteiger partial charge < -0.3 is 15.5 Å². The van der Waals surface area contributed by atoms with Crippen LogP contribution in [0.3, 0.4) is 0 Å². The van der Waals surface area contributed by atoms with Gasteiger partial charge in [-0.2, -0.15) is 11.8 Å². The first-order valence-corrected chi connectivity index (χ1v) is 7.02. The largest absolute Gasteiger partial charge is 0.506 e. The van der Waals surface area contributed by atoms with Crippen molar-refractivity contribution in [2.24, 2.45) is 0 Å². The Morgan fingerprint density at radius 3 is 3.00 bits per heavy atom. The van der Waals surface area contributed by atoms with E-state index in [2.05, 4.69) is 16.9 Å².